The van der Waals surface area contributed by atoms with Crippen LogP contribution in [0.15, 0.2) is 60.9 Å². The lowest BCUT2D eigenvalue weighted by atomic mass is 9.97. The van der Waals surface area contributed by atoms with Gasteiger partial charge in [0, 0.05) is 41.1 Å². The van der Waals surface area contributed by atoms with Gasteiger partial charge in [0.05, 0.1) is 44.2 Å². The van der Waals surface area contributed by atoms with Crippen LogP contribution in [-0.2, 0) is 4.74 Å². The van der Waals surface area contributed by atoms with Gasteiger partial charge in [0.2, 0.25) is 0 Å². The van der Waals surface area contributed by atoms with Gasteiger partial charge < -0.3 is 25.1 Å². The number of nitrogens with zero attached hydrogens (tertiary/aromatic N) is 1. The Balaban J connectivity index is 1.55. The summed E-state index contributed by atoms with van der Waals surface area (Å²) in [6.07, 6.45) is 3.32. The molecule has 1 aliphatic rings. The molecule has 4 aromatic rings. The van der Waals surface area contributed by atoms with Crippen molar-refractivity contribution >= 4 is 34.0 Å². The molecule has 31 heavy (non-hydrogen) atoms. The molecule has 5 rings (SSSR count). The molecule has 7 heteroatoms. The Labute approximate surface area is 194 Å². The molecule has 0 saturated carbocycles. The van der Waals surface area contributed by atoms with E-state index >= 15 is 0 Å². The molecular weight excluding hydrogens is 412 g/mol. The largest absolute Gasteiger partial charge is 0.457 e. The number of aromatic amines is 1. The second-order valence-corrected chi connectivity index (χ2v) is 7.79. The SMILES string of the molecule is [2H]C([2H])([2H])OC[C@@]1(C([2H])([2H])[2H])CNc2cnc3[nH]cc(-c4ccc(Oc5ccccc5)cc4Cl)c3c2N1. The minimum Gasteiger partial charge on any atom is -0.457 e. The summed E-state index contributed by atoms with van der Waals surface area (Å²) in [6.45, 7) is -3.25. The number of H-pyrrole nitrogens is 1. The van der Waals surface area contributed by atoms with E-state index < -0.39 is 26.0 Å². The number of aromatic nitrogens is 2. The van der Waals surface area contributed by atoms with Crippen molar-refractivity contribution in [2.45, 2.75) is 12.4 Å². The van der Waals surface area contributed by atoms with Crippen molar-refractivity contribution in [1.82, 2.24) is 9.97 Å². The molecule has 1 atom stereocenters. The van der Waals surface area contributed by atoms with Crippen LogP contribution in [-0.4, -0.2) is 35.7 Å². The number of methoxy groups -OCH3 is 1. The first-order valence-electron chi connectivity index (χ1n) is 12.6. The maximum Gasteiger partial charge on any atom is 0.140 e. The number of ether oxygens (including phenoxy) is 2. The van der Waals surface area contributed by atoms with Crippen molar-refractivity contribution in [2.24, 2.45) is 0 Å². The van der Waals surface area contributed by atoms with E-state index in [1.807, 2.05) is 36.4 Å². The van der Waals surface area contributed by atoms with Crippen LogP contribution in [0.3, 0.4) is 0 Å². The molecule has 0 unspecified atom stereocenters. The number of nitrogens with one attached hydrogen (secondary N) is 3. The highest BCUT2D eigenvalue weighted by molar-refractivity contribution is 6.34. The van der Waals surface area contributed by atoms with Crippen LogP contribution in [0.1, 0.15) is 15.1 Å². The quantitative estimate of drug-likeness (QED) is 0.359. The van der Waals surface area contributed by atoms with Crippen molar-refractivity contribution in [2.75, 3.05) is 30.8 Å². The van der Waals surface area contributed by atoms with Gasteiger partial charge in [-0.15, -0.1) is 0 Å². The van der Waals surface area contributed by atoms with Crippen LogP contribution >= 0.6 is 11.6 Å². The molecule has 0 aliphatic carbocycles. The fourth-order valence-electron chi connectivity index (χ4n) is 3.71. The standard InChI is InChI=1S/C24H23ClN4O2/c1-24(14-30-2)13-28-20-12-27-23-21(22(20)29-24)18(11-26-23)17-9-8-16(10-19(17)25)31-15-6-4-3-5-7-15/h3-12,28-29H,13-14H2,1-2H3,(H,26,27)/t24-/m1/s1/i1D3,2D3. The van der Waals surface area contributed by atoms with Gasteiger partial charge in [0.15, 0.2) is 0 Å². The van der Waals surface area contributed by atoms with Crippen molar-refractivity contribution in [3.63, 3.8) is 0 Å². The molecule has 0 bridgehead atoms. The van der Waals surface area contributed by atoms with E-state index in [9.17, 15) is 0 Å². The van der Waals surface area contributed by atoms with Gasteiger partial charge in [-0.25, -0.2) is 4.98 Å². The van der Waals surface area contributed by atoms with Crippen LogP contribution in [0.5, 0.6) is 11.5 Å². The van der Waals surface area contributed by atoms with Crippen LogP contribution < -0.4 is 15.4 Å². The Morgan fingerprint density at radius 1 is 1.16 bits per heavy atom. The molecule has 3 heterocycles. The third-order valence-electron chi connectivity index (χ3n) is 5.17. The van der Waals surface area contributed by atoms with Gasteiger partial charge in [0.25, 0.3) is 0 Å². The summed E-state index contributed by atoms with van der Waals surface area (Å²) in [7, 11) is -2.75. The van der Waals surface area contributed by atoms with Gasteiger partial charge >= 0.3 is 0 Å². The Morgan fingerprint density at radius 2 is 2.06 bits per heavy atom. The molecule has 0 saturated heterocycles. The smallest absolute Gasteiger partial charge is 0.140 e. The highest BCUT2D eigenvalue weighted by Crippen LogP contribution is 2.43. The van der Waals surface area contributed by atoms with Crippen LogP contribution in [0.2, 0.25) is 5.02 Å². The average Bonchev–Trinajstić information content (AvgIpc) is 3.27. The minimum atomic E-state index is -2.75. The zero-order valence-electron chi connectivity index (χ0n) is 22.3. The summed E-state index contributed by atoms with van der Waals surface area (Å²) in [5, 5.41) is 7.21. The van der Waals surface area contributed by atoms with Crippen LogP contribution in [0.25, 0.3) is 22.2 Å². The lowest BCUT2D eigenvalue weighted by Gasteiger charge is -2.37. The first-order chi connectivity index (χ1) is 17.5. The van der Waals surface area contributed by atoms with E-state index in [-0.39, 0.29) is 6.54 Å². The number of halogens is 1. The lowest BCUT2D eigenvalue weighted by Crippen LogP contribution is -2.48. The summed E-state index contributed by atoms with van der Waals surface area (Å²) in [5.41, 5.74) is 1.19. The molecule has 3 N–H and O–H groups in total. The molecule has 6 nitrogen and oxygen atoms in total. The van der Waals surface area contributed by atoms with Gasteiger partial charge in [-0.05, 0) is 31.1 Å². The molecule has 0 amide bonds. The Morgan fingerprint density at radius 3 is 2.87 bits per heavy atom. The highest BCUT2D eigenvalue weighted by Gasteiger charge is 2.31. The molecule has 2 aromatic carbocycles. The number of hydrogen-bond donors (Lipinski definition) is 3. The van der Waals surface area contributed by atoms with E-state index in [1.165, 1.54) is 0 Å². The number of anilines is 2. The molecule has 1 aliphatic heterocycles. The molecular formula is C24H23ClN4O2. The van der Waals surface area contributed by atoms with Gasteiger partial charge in [-0.3, -0.25) is 0 Å². The Bertz CT molecular complexity index is 1440. The molecule has 0 radical (unpaired) electrons. The molecule has 158 valence electrons. The highest BCUT2D eigenvalue weighted by atomic mass is 35.5. The normalized spacial score (nSPS) is 21.3. The molecule has 2 aromatic heterocycles. The van der Waals surface area contributed by atoms with Gasteiger partial charge in [-0.1, -0.05) is 29.8 Å². The zero-order chi connectivity index (χ0) is 26.4. The number of hydrogen-bond acceptors (Lipinski definition) is 5. The summed E-state index contributed by atoms with van der Waals surface area (Å²) < 4.78 is 57.5. The first kappa shape index (κ1) is 14.0. The van der Waals surface area contributed by atoms with E-state index in [4.69, 9.17) is 29.3 Å². The number of rotatable bonds is 5. The van der Waals surface area contributed by atoms with E-state index in [2.05, 4.69) is 20.6 Å². The zero-order valence-corrected chi connectivity index (χ0v) is 17.1. The fraction of sp³-hybridized carbons (Fsp3) is 0.208. The monoisotopic (exact) mass is 440 g/mol. The second-order valence-electron chi connectivity index (χ2n) is 7.38. The Kier molecular flexibility index (Phi) is 3.51. The average molecular weight is 441 g/mol. The van der Waals surface area contributed by atoms with Gasteiger partial charge in [-0.2, -0.15) is 0 Å². The van der Waals surface area contributed by atoms with Crippen LogP contribution in [0.4, 0.5) is 11.4 Å². The lowest BCUT2D eigenvalue weighted by molar-refractivity contribution is 0.154. The topological polar surface area (TPSA) is 71.2 Å². The summed E-state index contributed by atoms with van der Waals surface area (Å²) in [6, 6.07) is 14.6. The van der Waals surface area contributed by atoms with E-state index in [0.717, 1.165) is 0 Å². The first-order valence-corrected chi connectivity index (χ1v) is 10.0. The van der Waals surface area contributed by atoms with Crippen molar-refractivity contribution < 1.29 is 17.7 Å². The predicted molar refractivity (Wildman–Crippen MR) is 125 cm³/mol. The minimum absolute atomic E-state index is 0.0915. The maximum absolute atomic E-state index is 8.17. The summed E-state index contributed by atoms with van der Waals surface area (Å²) in [4.78, 5) is 7.56. The number of benzene rings is 2. The predicted octanol–water partition coefficient (Wildman–Crippen LogP) is 5.92. The van der Waals surface area contributed by atoms with Crippen LogP contribution in [0, 0.1) is 0 Å². The van der Waals surface area contributed by atoms with Crippen molar-refractivity contribution in [3.8, 4) is 22.6 Å². The Hall–Kier alpha value is -3.22. The van der Waals surface area contributed by atoms with Crippen molar-refractivity contribution in [3.05, 3.63) is 65.9 Å². The molecule has 0 spiro atoms. The number of fused-ring (bicyclic) bond motifs is 3. The summed E-state index contributed by atoms with van der Waals surface area (Å²) >= 11 is 6.68. The number of pyridine rings is 1. The van der Waals surface area contributed by atoms with Gasteiger partial charge in [0.1, 0.15) is 17.1 Å². The molecule has 0 fully saturated rings. The fourth-order valence-corrected chi connectivity index (χ4v) is 3.99. The van der Waals surface area contributed by atoms with E-state index in [0.29, 0.717) is 50.1 Å². The van der Waals surface area contributed by atoms with Crippen molar-refractivity contribution in [1.29, 1.82) is 0 Å². The third kappa shape index (κ3) is 3.69. The maximum atomic E-state index is 8.17. The van der Waals surface area contributed by atoms with E-state index in [1.54, 1.807) is 24.5 Å². The third-order valence-corrected chi connectivity index (χ3v) is 5.49. The second kappa shape index (κ2) is 7.80. The number of para-hydroxylation sites is 1. The summed E-state index contributed by atoms with van der Waals surface area (Å²) in [5.74, 6) is 1.23.